The van der Waals surface area contributed by atoms with Crippen LogP contribution in [0.4, 0.5) is 0 Å². The van der Waals surface area contributed by atoms with Crippen molar-refractivity contribution in [2.24, 2.45) is 4.99 Å². The molecule has 4 nitrogen and oxygen atoms in total. The highest BCUT2D eigenvalue weighted by Crippen LogP contribution is 2.09. The molecule has 126 valence electrons. The summed E-state index contributed by atoms with van der Waals surface area (Å²) in [5.41, 5.74) is 1.34. The van der Waals surface area contributed by atoms with Gasteiger partial charge in [0, 0.05) is 30.7 Å². The Morgan fingerprint density at radius 3 is 2.27 bits per heavy atom. The molecule has 0 unspecified atom stereocenters. The van der Waals surface area contributed by atoms with Crippen LogP contribution >= 0.6 is 35.6 Å². The van der Waals surface area contributed by atoms with Gasteiger partial charge in [-0.2, -0.15) is 0 Å². The summed E-state index contributed by atoms with van der Waals surface area (Å²) in [5, 5.41) is 7.47. The molecular weight excluding hydrogens is 411 g/mol. The van der Waals surface area contributed by atoms with Crippen LogP contribution in [0.3, 0.4) is 0 Å². The van der Waals surface area contributed by atoms with E-state index in [1.54, 1.807) is 7.05 Å². The SMILES string of the molecule is CN=C(NCCc1ccc(Cl)cc1)NCC(C)(C)N(C)C.I. The lowest BCUT2D eigenvalue weighted by Crippen LogP contribution is -2.51. The molecule has 0 aliphatic rings. The quantitative estimate of drug-likeness (QED) is 0.407. The number of likely N-dealkylation sites (N-methyl/N-ethyl adjacent to an activating group) is 1. The lowest BCUT2D eigenvalue weighted by Gasteiger charge is -2.33. The molecule has 0 aliphatic heterocycles. The van der Waals surface area contributed by atoms with E-state index in [0.29, 0.717) is 0 Å². The van der Waals surface area contributed by atoms with Gasteiger partial charge in [-0.05, 0) is 52.1 Å². The van der Waals surface area contributed by atoms with Gasteiger partial charge in [-0.25, -0.2) is 0 Å². The minimum absolute atomic E-state index is 0. The molecule has 0 amide bonds. The van der Waals surface area contributed by atoms with Gasteiger partial charge in [0.15, 0.2) is 5.96 Å². The molecule has 1 aromatic carbocycles. The lowest BCUT2D eigenvalue weighted by atomic mass is 10.0. The van der Waals surface area contributed by atoms with Crippen LogP contribution in [0, 0.1) is 0 Å². The molecule has 0 saturated carbocycles. The fourth-order valence-electron chi connectivity index (χ4n) is 1.66. The zero-order valence-corrected chi connectivity index (χ0v) is 17.2. The van der Waals surface area contributed by atoms with Crippen molar-refractivity contribution >= 4 is 41.5 Å². The molecule has 22 heavy (non-hydrogen) atoms. The number of rotatable bonds is 6. The summed E-state index contributed by atoms with van der Waals surface area (Å²) in [4.78, 5) is 6.45. The highest BCUT2D eigenvalue weighted by molar-refractivity contribution is 14.0. The van der Waals surface area contributed by atoms with Gasteiger partial charge in [0.05, 0.1) is 0 Å². The zero-order valence-electron chi connectivity index (χ0n) is 14.1. The van der Waals surface area contributed by atoms with E-state index in [0.717, 1.165) is 30.5 Å². The second-order valence-corrected chi connectivity index (χ2v) is 6.37. The molecule has 1 rings (SSSR count). The predicted molar refractivity (Wildman–Crippen MR) is 108 cm³/mol. The smallest absolute Gasteiger partial charge is 0.191 e. The Morgan fingerprint density at radius 1 is 1.18 bits per heavy atom. The van der Waals surface area contributed by atoms with Crippen molar-refractivity contribution < 1.29 is 0 Å². The van der Waals surface area contributed by atoms with E-state index in [4.69, 9.17) is 11.6 Å². The number of hydrogen-bond donors (Lipinski definition) is 2. The summed E-state index contributed by atoms with van der Waals surface area (Å²) >= 11 is 5.88. The first-order valence-electron chi connectivity index (χ1n) is 7.21. The van der Waals surface area contributed by atoms with Crippen LogP contribution in [0.1, 0.15) is 19.4 Å². The van der Waals surface area contributed by atoms with E-state index < -0.39 is 0 Å². The molecule has 2 N–H and O–H groups in total. The van der Waals surface area contributed by atoms with E-state index in [2.05, 4.69) is 60.6 Å². The molecule has 0 fully saturated rings. The van der Waals surface area contributed by atoms with Crippen LogP contribution in [-0.2, 0) is 6.42 Å². The largest absolute Gasteiger partial charge is 0.356 e. The van der Waals surface area contributed by atoms with Gasteiger partial charge in [-0.15, -0.1) is 24.0 Å². The number of nitrogens with zero attached hydrogens (tertiary/aromatic N) is 2. The van der Waals surface area contributed by atoms with Gasteiger partial charge in [0.1, 0.15) is 0 Å². The monoisotopic (exact) mass is 438 g/mol. The van der Waals surface area contributed by atoms with Crippen molar-refractivity contribution in [2.45, 2.75) is 25.8 Å². The van der Waals surface area contributed by atoms with Crippen molar-refractivity contribution in [3.8, 4) is 0 Å². The van der Waals surface area contributed by atoms with E-state index in [9.17, 15) is 0 Å². The van der Waals surface area contributed by atoms with E-state index in [-0.39, 0.29) is 29.5 Å². The number of hydrogen-bond acceptors (Lipinski definition) is 2. The normalized spacial score (nSPS) is 12.0. The summed E-state index contributed by atoms with van der Waals surface area (Å²) in [5.74, 6) is 0.832. The van der Waals surface area contributed by atoms with Gasteiger partial charge in [-0.3, -0.25) is 4.99 Å². The zero-order chi connectivity index (χ0) is 15.9. The van der Waals surface area contributed by atoms with Crippen molar-refractivity contribution in [2.75, 3.05) is 34.2 Å². The van der Waals surface area contributed by atoms with Crippen LogP contribution in [0.25, 0.3) is 0 Å². The Kier molecular flexibility index (Phi) is 10.0. The maximum Gasteiger partial charge on any atom is 0.191 e. The van der Waals surface area contributed by atoms with Crippen LogP contribution in [0.15, 0.2) is 29.3 Å². The number of benzene rings is 1. The highest BCUT2D eigenvalue weighted by Gasteiger charge is 2.20. The van der Waals surface area contributed by atoms with E-state index in [1.165, 1.54) is 5.56 Å². The van der Waals surface area contributed by atoms with Crippen molar-refractivity contribution in [3.63, 3.8) is 0 Å². The lowest BCUT2D eigenvalue weighted by molar-refractivity contribution is 0.197. The van der Waals surface area contributed by atoms with Crippen LogP contribution < -0.4 is 10.6 Å². The number of nitrogens with one attached hydrogen (secondary N) is 2. The maximum absolute atomic E-state index is 5.88. The molecule has 0 atom stereocenters. The first-order chi connectivity index (χ1) is 9.85. The fourth-order valence-corrected chi connectivity index (χ4v) is 1.78. The second kappa shape index (κ2) is 10.3. The summed E-state index contributed by atoms with van der Waals surface area (Å²) in [6, 6.07) is 7.94. The number of aliphatic imine (C=N–C) groups is 1. The topological polar surface area (TPSA) is 39.7 Å². The van der Waals surface area contributed by atoms with E-state index >= 15 is 0 Å². The number of guanidine groups is 1. The highest BCUT2D eigenvalue weighted by atomic mass is 127. The molecule has 0 aliphatic carbocycles. The Bertz CT molecular complexity index is 458. The summed E-state index contributed by atoms with van der Waals surface area (Å²) in [6.45, 7) is 6.06. The van der Waals surface area contributed by atoms with Gasteiger partial charge >= 0.3 is 0 Å². The molecule has 0 bridgehead atoms. The third kappa shape index (κ3) is 7.65. The van der Waals surface area contributed by atoms with Crippen LogP contribution in [0.5, 0.6) is 0 Å². The predicted octanol–water partition coefficient (Wildman–Crippen LogP) is 3.01. The van der Waals surface area contributed by atoms with Crippen molar-refractivity contribution in [1.82, 2.24) is 15.5 Å². The van der Waals surface area contributed by atoms with Gasteiger partial charge in [0.2, 0.25) is 0 Å². The molecule has 0 aromatic heterocycles. The molecule has 6 heteroatoms. The standard InChI is InChI=1S/C16H27ClN4.HI/c1-16(2,21(4)5)12-20-15(18-3)19-11-10-13-6-8-14(17)9-7-13;/h6-9H,10-12H2,1-5H3,(H2,18,19,20);1H. The fraction of sp³-hybridized carbons (Fsp3) is 0.562. The average Bonchev–Trinajstić information content (AvgIpc) is 2.44. The van der Waals surface area contributed by atoms with Gasteiger partial charge in [0.25, 0.3) is 0 Å². The molecule has 0 saturated heterocycles. The first-order valence-corrected chi connectivity index (χ1v) is 7.59. The van der Waals surface area contributed by atoms with E-state index in [1.807, 2.05) is 12.1 Å². The average molecular weight is 439 g/mol. The summed E-state index contributed by atoms with van der Waals surface area (Å²) in [6.07, 6.45) is 0.939. The summed E-state index contributed by atoms with van der Waals surface area (Å²) < 4.78 is 0. The third-order valence-electron chi connectivity index (χ3n) is 3.74. The molecule has 0 heterocycles. The van der Waals surface area contributed by atoms with Crippen LogP contribution in [-0.4, -0.2) is 50.6 Å². The summed E-state index contributed by atoms with van der Waals surface area (Å²) in [7, 11) is 5.96. The van der Waals surface area contributed by atoms with Gasteiger partial charge < -0.3 is 15.5 Å². The van der Waals surface area contributed by atoms with Crippen molar-refractivity contribution in [3.05, 3.63) is 34.9 Å². The molecule has 0 spiro atoms. The minimum atomic E-state index is 0. The molecule has 0 radical (unpaired) electrons. The van der Waals surface area contributed by atoms with Crippen molar-refractivity contribution in [1.29, 1.82) is 0 Å². The Balaban J connectivity index is 0.00000441. The van der Waals surface area contributed by atoms with Gasteiger partial charge in [-0.1, -0.05) is 23.7 Å². The maximum atomic E-state index is 5.88. The minimum Gasteiger partial charge on any atom is -0.356 e. The third-order valence-corrected chi connectivity index (χ3v) is 3.99. The number of halogens is 2. The molecular formula is C16H28ClIN4. The second-order valence-electron chi connectivity index (χ2n) is 5.94. The molecule has 1 aromatic rings. The Morgan fingerprint density at radius 2 is 1.77 bits per heavy atom. The first kappa shape index (κ1) is 21.5. The Hall–Kier alpha value is -0.530. The Labute approximate surface area is 156 Å². The van der Waals surface area contributed by atoms with Crippen LogP contribution in [0.2, 0.25) is 5.02 Å².